The second-order valence-electron chi connectivity index (χ2n) is 10.5. The van der Waals surface area contributed by atoms with E-state index in [9.17, 15) is 14.4 Å². The largest absolute Gasteiger partial charge is 0.478 e. The Morgan fingerprint density at radius 2 is 1.69 bits per heavy atom. The average molecular weight is 553 g/mol. The molecule has 42 heavy (non-hydrogen) atoms. The summed E-state index contributed by atoms with van der Waals surface area (Å²) < 4.78 is 5.64. The maximum atomic E-state index is 14.8. The van der Waals surface area contributed by atoms with Crippen LogP contribution in [0.15, 0.2) is 104 Å². The number of anilines is 1. The lowest BCUT2D eigenvalue weighted by molar-refractivity contribution is -0.122. The maximum absolute atomic E-state index is 14.8. The van der Waals surface area contributed by atoms with Crippen molar-refractivity contribution in [1.29, 1.82) is 5.26 Å². The molecule has 4 unspecified atom stereocenters. The van der Waals surface area contributed by atoms with Gasteiger partial charge in [-0.2, -0.15) is 5.26 Å². The van der Waals surface area contributed by atoms with Crippen LogP contribution in [0.25, 0.3) is 6.08 Å². The summed E-state index contributed by atoms with van der Waals surface area (Å²) in [6.07, 6.45) is 6.80. The molecule has 3 aromatic carbocycles. The van der Waals surface area contributed by atoms with Crippen LogP contribution in [0.5, 0.6) is 5.75 Å². The molecule has 1 fully saturated rings. The molecule has 1 amide bonds. The first kappa shape index (κ1) is 25.4. The van der Waals surface area contributed by atoms with Crippen molar-refractivity contribution in [1.82, 2.24) is 9.88 Å². The lowest BCUT2D eigenvalue weighted by Gasteiger charge is -2.38. The zero-order valence-electron chi connectivity index (χ0n) is 22.3. The number of aromatic nitrogens is 1. The van der Waals surface area contributed by atoms with Crippen LogP contribution in [0.1, 0.15) is 43.4 Å². The number of nitrogens with zero attached hydrogens (tertiary/aromatic N) is 3. The lowest BCUT2D eigenvalue weighted by Crippen LogP contribution is -2.49. The third kappa shape index (κ3) is 3.53. The van der Waals surface area contributed by atoms with E-state index in [1.165, 1.54) is 12.4 Å². The minimum Gasteiger partial charge on any atom is -0.478 e. The SMILES string of the molecule is N#CCOc1ccccc1C(=O)C1C(C(=O)c2ccncc2)C2(C(=O)Nc3ccccc32)C2c3ccccc3C=CN12. The zero-order valence-corrected chi connectivity index (χ0v) is 22.3. The highest BCUT2D eigenvalue weighted by atomic mass is 16.5. The molecule has 1 spiro atoms. The molecule has 0 aliphatic carbocycles. The van der Waals surface area contributed by atoms with Crippen LogP contribution in [0, 0.1) is 17.2 Å². The number of hydrogen-bond acceptors (Lipinski definition) is 7. The second kappa shape index (κ2) is 9.82. The monoisotopic (exact) mass is 552 g/mol. The third-order valence-electron chi connectivity index (χ3n) is 8.53. The number of Topliss-reactive ketones (excluding diaryl/α,β-unsaturated/α-hetero) is 2. The highest BCUT2D eigenvalue weighted by molar-refractivity contribution is 6.17. The van der Waals surface area contributed by atoms with Gasteiger partial charge in [0.25, 0.3) is 0 Å². The molecule has 4 atom stereocenters. The van der Waals surface area contributed by atoms with E-state index in [1.807, 2.05) is 71.8 Å². The Morgan fingerprint density at radius 3 is 2.52 bits per heavy atom. The quantitative estimate of drug-likeness (QED) is 0.336. The van der Waals surface area contributed by atoms with Gasteiger partial charge in [-0.3, -0.25) is 19.4 Å². The normalized spacial score (nSPS) is 23.0. The molecule has 7 rings (SSSR count). The number of amides is 1. The van der Waals surface area contributed by atoms with Crippen LogP contribution in [0.4, 0.5) is 5.69 Å². The summed E-state index contributed by atoms with van der Waals surface area (Å²) in [7, 11) is 0. The van der Waals surface area contributed by atoms with Crippen LogP contribution >= 0.6 is 0 Å². The van der Waals surface area contributed by atoms with Gasteiger partial charge in [-0.05, 0) is 53.1 Å². The van der Waals surface area contributed by atoms with E-state index in [1.54, 1.807) is 36.4 Å². The zero-order chi connectivity index (χ0) is 28.8. The fourth-order valence-electron chi connectivity index (χ4n) is 6.93. The van der Waals surface area contributed by atoms with Gasteiger partial charge in [0.15, 0.2) is 18.2 Å². The van der Waals surface area contributed by atoms with E-state index in [-0.39, 0.29) is 35.4 Å². The Bertz CT molecular complexity index is 1830. The molecule has 1 saturated heterocycles. The third-order valence-corrected chi connectivity index (χ3v) is 8.53. The number of rotatable bonds is 6. The Labute approximate surface area is 241 Å². The first-order chi connectivity index (χ1) is 20.6. The van der Waals surface area contributed by atoms with Crippen molar-refractivity contribution < 1.29 is 19.1 Å². The first-order valence-corrected chi connectivity index (χ1v) is 13.6. The van der Waals surface area contributed by atoms with Gasteiger partial charge < -0.3 is 15.0 Å². The Hall–Kier alpha value is -5.55. The van der Waals surface area contributed by atoms with Crippen LogP contribution in [-0.4, -0.2) is 40.0 Å². The fraction of sp³-hybridized carbons (Fsp3) is 0.147. The van der Waals surface area contributed by atoms with E-state index < -0.39 is 23.4 Å². The van der Waals surface area contributed by atoms with Crippen molar-refractivity contribution in [3.8, 4) is 11.8 Å². The van der Waals surface area contributed by atoms with Gasteiger partial charge in [0.1, 0.15) is 23.3 Å². The topological polar surface area (TPSA) is 112 Å². The first-order valence-electron chi connectivity index (χ1n) is 13.6. The van der Waals surface area contributed by atoms with Gasteiger partial charge >= 0.3 is 0 Å². The Morgan fingerprint density at radius 1 is 0.952 bits per heavy atom. The van der Waals surface area contributed by atoms with Crippen molar-refractivity contribution in [2.24, 2.45) is 5.92 Å². The predicted molar refractivity (Wildman–Crippen MR) is 155 cm³/mol. The molecule has 3 aliphatic rings. The average Bonchev–Trinajstić information content (AvgIpc) is 3.52. The molecule has 0 saturated carbocycles. The number of hydrogen-bond donors (Lipinski definition) is 1. The van der Waals surface area contributed by atoms with E-state index >= 15 is 0 Å². The van der Waals surface area contributed by atoms with Gasteiger partial charge in [-0.25, -0.2) is 0 Å². The van der Waals surface area contributed by atoms with Gasteiger partial charge in [0, 0.05) is 29.8 Å². The smallest absolute Gasteiger partial charge is 0.238 e. The van der Waals surface area contributed by atoms with Crippen LogP contribution in [0.3, 0.4) is 0 Å². The van der Waals surface area contributed by atoms with Gasteiger partial charge in [-0.1, -0.05) is 54.6 Å². The van der Waals surface area contributed by atoms with Crippen molar-refractivity contribution >= 4 is 29.2 Å². The number of para-hydroxylation sites is 2. The molecule has 0 radical (unpaired) electrons. The molecule has 0 bridgehead atoms. The number of benzene rings is 3. The van der Waals surface area contributed by atoms with Crippen LogP contribution < -0.4 is 10.1 Å². The van der Waals surface area contributed by atoms with E-state index in [2.05, 4.69) is 10.3 Å². The lowest BCUT2D eigenvalue weighted by atomic mass is 9.62. The number of ketones is 2. The molecule has 8 nitrogen and oxygen atoms in total. The molecular formula is C34H24N4O4. The second-order valence-corrected chi connectivity index (χ2v) is 10.5. The molecule has 4 heterocycles. The van der Waals surface area contributed by atoms with E-state index in [0.29, 0.717) is 16.8 Å². The summed E-state index contributed by atoms with van der Waals surface area (Å²) >= 11 is 0. The fourth-order valence-corrected chi connectivity index (χ4v) is 6.93. The molecular weight excluding hydrogens is 528 g/mol. The summed E-state index contributed by atoms with van der Waals surface area (Å²) in [5.74, 6) is -1.91. The molecule has 8 heteroatoms. The summed E-state index contributed by atoms with van der Waals surface area (Å²) in [4.78, 5) is 49.9. The molecule has 204 valence electrons. The highest BCUT2D eigenvalue weighted by Gasteiger charge is 2.70. The minimum absolute atomic E-state index is 0.236. The molecule has 1 aromatic heterocycles. The Balaban J connectivity index is 1.52. The summed E-state index contributed by atoms with van der Waals surface area (Å²) in [6, 6.07) is 25.3. The summed E-state index contributed by atoms with van der Waals surface area (Å²) in [5, 5.41) is 12.2. The minimum atomic E-state index is -1.43. The van der Waals surface area contributed by atoms with Gasteiger partial charge in [0.05, 0.1) is 17.5 Å². The van der Waals surface area contributed by atoms with Crippen molar-refractivity contribution in [3.05, 3.63) is 131 Å². The molecule has 4 aromatic rings. The van der Waals surface area contributed by atoms with Gasteiger partial charge in [-0.15, -0.1) is 0 Å². The van der Waals surface area contributed by atoms with Crippen molar-refractivity contribution in [3.63, 3.8) is 0 Å². The number of pyridine rings is 1. The number of nitriles is 1. The van der Waals surface area contributed by atoms with Crippen LogP contribution in [-0.2, 0) is 10.2 Å². The predicted octanol–water partition coefficient (Wildman–Crippen LogP) is 4.97. The number of carbonyl (C=O) groups excluding carboxylic acids is 3. The maximum Gasteiger partial charge on any atom is 0.238 e. The number of ether oxygens (including phenoxy) is 1. The van der Waals surface area contributed by atoms with E-state index in [4.69, 9.17) is 10.00 Å². The molecule has 1 N–H and O–H groups in total. The standard InChI is InChI=1S/C34H24N4O4/c35-16-20-42-27-12-6-3-9-24(27)31(40)29-28(30(39)22-13-17-36-18-14-22)34(25-10-4-5-11-26(25)37-33(34)41)32-23-8-2-1-7-21(23)15-19-38(29)32/h1-15,17-19,28-29,32H,20H2,(H,37,41). The summed E-state index contributed by atoms with van der Waals surface area (Å²) in [5.41, 5.74) is 2.22. The Kier molecular flexibility index (Phi) is 5.94. The van der Waals surface area contributed by atoms with Gasteiger partial charge in [0.2, 0.25) is 5.91 Å². The van der Waals surface area contributed by atoms with Crippen molar-refractivity contribution in [2.75, 3.05) is 11.9 Å². The summed E-state index contributed by atoms with van der Waals surface area (Å²) in [6.45, 7) is -0.242. The number of carbonyl (C=O) groups is 3. The molecule has 3 aliphatic heterocycles. The van der Waals surface area contributed by atoms with E-state index in [0.717, 1.165) is 11.1 Å². The highest BCUT2D eigenvalue weighted by Crippen LogP contribution is 2.62. The van der Waals surface area contributed by atoms with Crippen molar-refractivity contribution in [2.45, 2.75) is 17.5 Å². The van der Waals surface area contributed by atoms with Crippen LogP contribution in [0.2, 0.25) is 0 Å². The number of nitrogens with one attached hydrogen (secondary N) is 1. The number of fused-ring (bicyclic) bond motifs is 6.